The number of hydrogen-bond acceptors (Lipinski definition) is 5. The maximum Gasteiger partial charge on any atom is 0.407 e. The van der Waals surface area contributed by atoms with E-state index in [0.717, 1.165) is 16.9 Å². The van der Waals surface area contributed by atoms with Crippen LogP contribution in [-0.4, -0.2) is 37.2 Å². The van der Waals surface area contributed by atoms with E-state index in [-0.39, 0.29) is 0 Å². The van der Waals surface area contributed by atoms with E-state index in [1.165, 1.54) is 7.11 Å². The first-order valence-corrected chi connectivity index (χ1v) is 12.5. The van der Waals surface area contributed by atoms with Gasteiger partial charge < -0.3 is 14.6 Å². The number of rotatable bonds is 10. The van der Waals surface area contributed by atoms with Crippen molar-refractivity contribution < 1.29 is 18.6 Å². The van der Waals surface area contributed by atoms with Gasteiger partial charge in [-0.15, -0.1) is 0 Å². The van der Waals surface area contributed by atoms with Crippen LogP contribution in [0.15, 0.2) is 60.7 Å². The average Bonchev–Trinajstić information content (AvgIpc) is 2.75. The smallest absolute Gasteiger partial charge is 0.407 e. The van der Waals surface area contributed by atoms with Crippen LogP contribution in [0.25, 0.3) is 0 Å². The van der Waals surface area contributed by atoms with E-state index in [4.69, 9.17) is 9.26 Å². The van der Waals surface area contributed by atoms with E-state index in [2.05, 4.69) is 5.32 Å². The number of thioether (sulfide) groups is 1. The Bertz CT molecular complexity index is 733. The van der Waals surface area contributed by atoms with Crippen LogP contribution in [0.5, 0.6) is 0 Å². The second kappa shape index (κ2) is 11.3. The van der Waals surface area contributed by atoms with Crippen molar-refractivity contribution in [2.45, 2.75) is 25.2 Å². The SMILES string of the molecule is CCP(=O)(OC(c1ccccc1)c1ccccc1)C(CCSC)NC(=O)OC. The van der Waals surface area contributed by atoms with Gasteiger partial charge in [0.1, 0.15) is 11.9 Å². The van der Waals surface area contributed by atoms with Crippen LogP contribution in [-0.2, 0) is 13.8 Å². The summed E-state index contributed by atoms with van der Waals surface area (Å²) >= 11 is 1.63. The van der Waals surface area contributed by atoms with Gasteiger partial charge >= 0.3 is 6.09 Å². The van der Waals surface area contributed by atoms with Crippen LogP contribution in [0.4, 0.5) is 4.79 Å². The summed E-state index contributed by atoms with van der Waals surface area (Å²) in [4.78, 5) is 11.9. The molecule has 2 aromatic rings. The highest BCUT2D eigenvalue weighted by molar-refractivity contribution is 7.98. The topological polar surface area (TPSA) is 64.6 Å². The Morgan fingerprint density at radius 3 is 2.04 bits per heavy atom. The zero-order valence-corrected chi connectivity index (χ0v) is 18.2. The molecule has 0 aliphatic heterocycles. The normalized spacial score (nSPS) is 14.3. The molecule has 0 saturated heterocycles. The Balaban J connectivity index is 2.39. The van der Waals surface area contributed by atoms with Crippen molar-refractivity contribution >= 4 is 25.2 Å². The van der Waals surface area contributed by atoms with Gasteiger partial charge in [0.25, 0.3) is 0 Å². The van der Waals surface area contributed by atoms with E-state index in [0.29, 0.717) is 12.6 Å². The molecule has 2 unspecified atom stereocenters. The number of nitrogens with one attached hydrogen (secondary N) is 1. The van der Waals surface area contributed by atoms with E-state index in [1.54, 1.807) is 11.8 Å². The number of benzene rings is 2. The van der Waals surface area contributed by atoms with Gasteiger partial charge in [0.05, 0.1) is 7.11 Å². The lowest BCUT2D eigenvalue weighted by molar-refractivity contribution is 0.167. The van der Waals surface area contributed by atoms with Crippen molar-refractivity contribution in [2.75, 3.05) is 25.3 Å². The first kappa shape index (κ1) is 22.5. The third kappa shape index (κ3) is 6.13. The predicted molar refractivity (Wildman–Crippen MR) is 116 cm³/mol. The van der Waals surface area contributed by atoms with Gasteiger partial charge in [-0.1, -0.05) is 67.6 Å². The van der Waals surface area contributed by atoms with Crippen LogP contribution in [0.2, 0.25) is 0 Å². The lowest BCUT2D eigenvalue weighted by Crippen LogP contribution is -2.36. The van der Waals surface area contributed by atoms with Crippen LogP contribution in [0, 0.1) is 0 Å². The summed E-state index contributed by atoms with van der Waals surface area (Å²) in [6.07, 6.45) is 1.75. The Kier molecular flexibility index (Phi) is 9.10. The van der Waals surface area contributed by atoms with Crippen LogP contribution in [0.3, 0.4) is 0 Å². The van der Waals surface area contributed by atoms with Crippen molar-refractivity contribution in [3.63, 3.8) is 0 Å². The minimum Gasteiger partial charge on any atom is -0.453 e. The van der Waals surface area contributed by atoms with E-state index >= 15 is 0 Å². The van der Waals surface area contributed by atoms with Crippen LogP contribution >= 0.6 is 19.1 Å². The van der Waals surface area contributed by atoms with Gasteiger partial charge in [-0.25, -0.2) is 4.79 Å². The summed E-state index contributed by atoms with van der Waals surface area (Å²) in [5, 5.41) is 2.74. The summed E-state index contributed by atoms with van der Waals surface area (Å²) < 4.78 is 25.0. The Morgan fingerprint density at radius 1 is 1.07 bits per heavy atom. The number of alkyl carbamates (subject to hydrolysis) is 1. The molecule has 0 spiro atoms. The zero-order chi connectivity index (χ0) is 20.4. The highest BCUT2D eigenvalue weighted by Gasteiger charge is 2.37. The summed E-state index contributed by atoms with van der Waals surface area (Å²) in [5.74, 6) is 0.149. The van der Waals surface area contributed by atoms with Gasteiger partial charge in [0, 0.05) is 6.16 Å². The molecule has 2 aromatic carbocycles. The minimum absolute atomic E-state index is 0.312. The lowest BCUT2D eigenvalue weighted by Gasteiger charge is -2.31. The first-order valence-electron chi connectivity index (χ1n) is 9.24. The highest BCUT2D eigenvalue weighted by atomic mass is 32.2. The number of hydrogen-bond donors (Lipinski definition) is 1. The molecule has 2 atom stereocenters. The van der Waals surface area contributed by atoms with E-state index in [1.807, 2.05) is 73.8 Å². The summed E-state index contributed by atoms with van der Waals surface area (Å²) in [5.41, 5.74) is 1.84. The molecule has 1 N–H and O–H groups in total. The molecule has 0 radical (unpaired) electrons. The van der Waals surface area contributed by atoms with Gasteiger partial charge in [-0.2, -0.15) is 11.8 Å². The Morgan fingerprint density at radius 2 is 1.61 bits per heavy atom. The molecule has 5 nitrogen and oxygen atoms in total. The summed E-state index contributed by atoms with van der Waals surface area (Å²) in [6, 6.07) is 19.4. The quantitative estimate of drug-likeness (QED) is 0.511. The standard InChI is InChI=1S/C21H28NO4PS/c1-4-27(24,19(15-16-28-3)22-21(23)25-2)26-20(17-11-7-5-8-12-17)18-13-9-6-10-14-18/h5-14,19-20H,4,15-16H2,1-3H3,(H,22,23). The average molecular weight is 421 g/mol. The maximum absolute atomic E-state index is 13.9. The molecule has 1 amide bonds. The molecule has 0 heterocycles. The lowest BCUT2D eigenvalue weighted by atomic mass is 10.0. The summed E-state index contributed by atoms with van der Waals surface area (Å²) in [6.45, 7) is 1.83. The molecule has 28 heavy (non-hydrogen) atoms. The molecule has 2 rings (SSSR count). The molecule has 0 aromatic heterocycles. The predicted octanol–water partition coefficient (Wildman–Crippen LogP) is 5.53. The van der Waals surface area contributed by atoms with Crippen molar-refractivity contribution in [1.82, 2.24) is 5.32 Å². The number of carbonyl (C=O) groups excluding carboxylic acids is 1. The van der Waals surface area contributed by atoms with Crippen molar-refractivity contribution in [3.8, 4) is 0 Å². The van der Waals surface area contributed by atoms with Crippen molar-refractivity contribution in [2.24, 2.45) is 0 Å². The van der Waals surface area contributed by atoms with Gasteiger partial charge in [0.2, 0.25) is 7.37 Å². The number of methoxy groups -OCH3 is 1. The third-order valence-corrected chi connectivity index (χ3v) is 7.90. The van der Waals surface area contributed by atoms with E-state index in [9.17, 15) is 9.36 Å². The van der Waals surface area contributed by atoms with Gasteiger partial charge in [0.15, 0.2) is 0 Å². The fourth-order valence-corrected chi connectivity index (χ4v) is 5.72. The molecule has 0 aliphatic carbocycles. The Labute approximate surface area is 171 Å². The van der Waals surface area contributed by atoms with Crippen molar-refractivity contribution in [3.05, 3.63) is 71.8 Å². The first-order chi connectivity index (χ1) is 13.5. The largest absolute Gasteiger partial charge is 0.453 e. The zero-order valence-electron chi connectivity index (χ0n) is 16.5. The molecular formula is C21H28NO4PS. The number of amides is 1. The highest BCUT2D eigenvalue weighted by Crippen LogP contribution is 2.56. The van der Waals surface area contributed by atoms with E-state index < -0.39 is 25.3 Å². The second-order valence-electron chi connectivity index (χ2n) is 6.28. The van der Waals surface area contributed by atoms with Crippen LogP contribution < -0.4 is 5.32 Å². The Hall–Kier alpha value is -1.75. The third-order valence-electron chi connectivity index (χ3n) is 4.47. The molecule has 152 valence electrons. The minimum atomic E-state index is -3.22. The van der Waals surface area contributed by atoms with Gasteiger partial charge in [-0.05, 0) is 29.6 Å². The monoisotopic (exact) mass is 421 g/mol. The number of ether oxygens (including phenoxy) is 1. The van der Waals surface area contributed by atoms with Gasteiger partial charge in [-0.3, -0.25) is 4.57 Å². The molecule has 0 fully saturated rings. The fourth-order valence-electron chi connectivity index (χ4n) is 2.91. The van der Waals surface area contributed by atoms with Crippen molar-refractivity contribution in [1.29, 1.82) is 0 Å². The molecule has 0 saturated carbocycles. The molecule has 0 aliphatic rings. The number of carbonyl (C=O) groups is 1. The van der Waals surface area contributed by atoms with Crippen LogP contribution in [0.1, 0.15) is 30.6 Å². The second-order valence-corrected chi connectivity index (χ2v) is 10.2. The molecular weight excluding hydrogens is 393 g/mol. The fraction of sp³-hybridized carbons (Fsp3) is 0.381. The molecule has 0 bridgehead atoms. The summed E-state index contributed by atoms with van der Waals surface area (Å²) in [7, 11) is -1.92. The maximum atomic E-state index is 13.9. The molecule has 7 heteroatoms.